The molecule has 0 aliphatic heterocycles. The first-order chi connectivity index (χ1) is 11.5. The number of hydrogen-bond donors (Lipinski definition) is 1. The zero-order chi connectivity index (χ0) is 17.5. The van der Waals surface area contributed by atoms with E-state index < -0.39 is 0 Å². The maximum atomic E-state index is 13.6. The first kappa shape index (κ1) is 17.7. The molecule has 0 aliphatic carbocycles. The summed E-state index contributed by atoms with van der Waals surface area (Å²) >= 11 is 0. The van der Waals surface area contributed by atoms with Gasteiger partial charge in [-0.1, -0.05) is 36.4 Å². The van der Waals surface area contributed by atoms with Gasteiger partial charge in [-0.2, -0.15) is 0 Å². The molecule has 4 nitrogen and oxygen atoms in total. The lowest BCUT2D eigenvalue weighted by molar-refractivity contribution is -0.130. The van der Waals surface area contributed by atoms with Crippen LogP contribution in [-0.4, -0.2) is 29.8 Å². The molecule has 0 spiro atoms. The van der Waals surface area contributed by atoms with Gasteiger partial charge in [0.05, 0.1) is 0 Å². The van der Waals surface area contributed by atoms with Crippen LogP contribution < -0.4 is 5.32 Å². The average Bonchev–Trinajstić information content (AvgIpc) is 2.57. The van der Waals surface area contributed by atoms with Gasteiger partial charge in [-0.25, -0.2) is 4.39 Å². The Labute approximate surface area is 141 Å². The Morgan fingerprint density at radius 1 is 1.08 bits per heavy atom. The van der Waals surface area contributed by atoms with Crippen molar-refractivity contribution in [3.63, 3.8) is 0 Å². The fourth-order valence-electron chi connectivity index (χ4n) is 2.34. The minimum absolute atomic E-state index is 0.154. The molecule has 0 heterocycles. The standard InChI is InChI=1S/C19H21FN2O2/c1-14(21-19(24)15-8-4-3-5-9-15)12-18(23)22(2)13-16-10-6-7-11-17(16)20/h3-11,14H,12-13H2,1-2H3,(H,21,24). The van der Waals surface area contributed by atoms with Crippen LogP contribution in [0.15, 0.2) is 54.6 Å². The fraction of sp³-hybridized carbons (Fsp3) is 0.263. The number of carbonyl (C=O) groups is 2. The topological polar surface area (TPSA) is 49.4 Å². The second-order valence-electron chi connectivity index (χ2n) is 5.79. The monoisotopic (exact) mass is 328 g/mol. The van der Waals surface area contributed by atoms with Gasteiger partial charge < -0.3 is 10.2 Å². The number of hydrogen-bond acceptors (Lipinski definition) is 2. The van der Waals surface area contributed by atoms with E-state index in [4.69, 9.17) is 0 Å². The Morgan fingerprint density at radius 3 is 2.38 bits per heavy atom. The molecule has 2 aromatic rings. The van der Waals surface area contributed by atoms with Crippen LogP contribution in [0.2, 0.25) is 0 Å². The Hall–Kier alpha value is -2.69. The second-order valence-corrected chi connectivity index (χ2v) is 5.79. The average molecular weight is 328 g/mol. The van der Waals surface area contributed by atoms with Crippen LogP contribution in [0.4, 0.5) is 4.39 Å². The summed E-state index contributed by atoms with van der Waals surface area (Å²) in [6, 6.07) is 14.9. The summed E-state index contributed by atoms with van der Waals surface area (Å²) in [5.74, 6) is -0.700. The third kappa shape index (κ3) is 4.91. The van der Waals surface area contributed by atoms with Crippen LogP contribution in [0.3, 0.4) is 0 Å². The molecule has 0 bridgehead atoms. The van der Waals surface area contributed by atoms with Crippen LogP contribution in [0.1, 0.15) is 29.3 Å². The van der Waals surface area contributed by atoms with Gasteiger partial charge in [0.1, 0.15) is 5.82 Å². The van der Waals surface area contributed by atoms with E-state index in [1.165, 1.54) is 11.0 Å². The molecule has 5 heteroatoms. The molecule has 0 fully saturated rings. The molecule has 0 aliphatic rings. The van der Waals surface area contributed by atoms with Crippen molar-refractivity contribution in [2.75, 3.05) is 7.05 Å². The molecule has 126 valence electrons. The van der Waals surface area contributed by atoms with Crippen LogP contribution in [-0.2, 0) is 11.3 Å². The second kappa shape index (κ2) is 8.24. The van der Waals surface area contributed by atoms with E-state index in [9.17, 15) is 14.0 Å². The Kier molecular flexibility index (Phi) is 6.07. The maximum absolute atomic E-state index is 13.6. The summed E-state index contributed by atoms with van der Waals surface area (Å²) in [5.41, 5.74) is 1.02. The number of nitrogens with zero attached hydrogens (tertiary/aromatic N) is 1. The predicted octanol–water partition coefficient (Wildman–Crippen LogP) is 2.99. The zero-order valence-corrected chi connectivity index (χ0v) is 13.8. The largest absolute Gasteiger partial charge is 0.349 e. The molecule has 2 amide bonds. The van der Waals surface area contributed by atoms with Gasteiger partial charge in [0.15, 0.2) is 0 Å². The Morgan fingerprint density at radius 2 is 1.71 bits per heavy atom. The van der Waals surface area contributed by atoms with Crippen molar-refractivity contribution in [2.24, 2.45) is 0 Å². The molecule has 1 N–H and O–H groups in total. The van der Waals surface area contributed by atoms with E-state index in [0.29, 0.717) is 11.1 Å². The number of carbonyl (C=O) groups excluding carboxylic acids is 2. The molecule has 24 heavy (non-hydrogen) atoms. The molecule has 2 aromatic carbocycles. The van der Waals surface area contributed by atoms with Crippen molar-refractivity contribution < 1.29 is 14.0 Å². The van der Waals surface area contributed by atoms with E-state index in [1.54, 1.807) is 56.4 Å². The van der Waals surface area contributed by atoms with Gasteiger partial charge in [-0.05, 0) is 25.1 Å². The van der Waals surface area contributed by atoms with Gasteiger partial charge in [-0.15, -0.1) is 0 Å². The van der Waals surface area contributed by atoms with Gasteiger partial charge in [0.25, 0.3) is 5.91 Å². The normalized spacial score (nSPS) is 11.6. The van der Waals surface area contributed by atoms with Crippen LogP contribution in [0, 0.1) is 5.82 Å². The van der Waals surface area contributed by atoms with Crippen molar-refractivity contribution in [2.45, 2.75) is 25.9 Å². The summed E-state index contributed by atoms with van der Waals surface area (Å²) in [4.78, 5) is 25.8. The molecule has 0 saturated carbocycles. The first-order valence-electron chi connectivity index (χ1n) is 7.80. The van der Waals surface area contributed by atoms with E-state index >= 15 is 0 Å². The number of rotatable bonds is 6. The highest BCUT2D eigenvalue weighted by molar-refractivity contribution is 5.94. The van der Waals surface area contributed by atoms with Crippen molar-refractivity contribution in [1.29, 1.82) is 0 Å². The quantitative estimate of drug-likeness (QED) is 0.886. The van der Waals surface area contributed by atoms with Crippen LogP contribution in [0.5, 0.6) is 0 Å². The number of nitrogens with one attached hydrogen (secondary N) is 1. The lowest BCUT2D eigenvalue weighted by Crippen LogP contribution is -2.37. The van der Waals surface area contributed by atoms with Gasteiger partial charge in [0.2, 0.25) is 5.91 Å². The minimum atomic E-state index is -0.331. The van der Waals surface area contributed by atoms with Gasteiger partial charge in [-0.3, -0.25) is 9.59 Å². The van der Waals surface area contributed by atoms with E-state index in [-0.39, 0.29) is 36.6 Å². The summed E-state index contributed by atoms with van der Waals surface area (Å²) in [5, 5.41) is 2.80. The van der Waals surface area contributed by atoms with E-state index in [1.807, 2.05) is 6.07 Å². The summed E-state index contributed by atoms with van der Waals surface area (Å²) < 4.78 is 13.6. The minimum Gasteiger partial charge on any atom is -0.349 e. The maximum Gasteiger partial charge on any atom is 0.251 e. The highest BCUT2D eigenvalue weighted by atomic mass is 19.1. The lowest BCUT2D eigenvalue weighted by atomic mass is 10.1. The molecule has 0 radical (unpaired) electrons. The van der Waals surface area contributed by atoms with Crippen molar-refractivity contribution in [1.82, 2.24) is 10.2 Å². The fourth-order valence-corrected chi connectivity index (χ4v) is 2.34. The number of benzene rings is 2. The number of amides is 2. The Balaban J connectivity index is 1.87. The summed E-state index contributed by atoms with van der Waals surface area (Å²) in [7, 11) is 1.63. The molecule has 1 atom stereocenters. The summed E-state index contributed by atoms with van der Waals surface area (Å²) in [6.07, 6.45) is 0.156. The third-order valence-corrected chi connectivity index (χ3v) is 3.69. The molecule has 1 unspecified atom stereocenters. The molecular formula is C19H21FN2O2. The molecular weight excluding hydrogens is 307 g/mol. The smallest absolute Gasteiger partial charge is 0.251 e. The lowest BCUT2D eigenvalue weighted by Gasteiger charge is -2.20. The van der Waals surface area contributed by atoms with Gasteiger partial charge in [0, 0.05) is 37.2 Å². The van der Waals surface area contributed by atoms with Crippen LogP contribution >= 0.6 is 0 Å². The SMILES string of the molecule is CC(CC(=O)N(C)Cc1ccccc1F)NC(=O)c1ccccc1. The highest BCUT2D eigenvalue weighted by Crippen LogP contribution is 2.10. The van der Waals surface area contributed by atoms with Crippen molar-refractivity contribution >= 4 is 11.8 Å². The Bertz CT molecular complexity index is 704. The van der Waals surface area contributed by atoms with Crippen molar-refractivity contribution in [3.8, 4) is 0 Å². The zero-order valence-electron chi connectivity index (χ0n) is 13.8. The first-order valence-corrected chi connectivity index (χ1v) is 7.80. The number of halogens is 1. The molecule has 0 aromatic heterocycles. The summed E-state index contributed by atoms with van der Waals surface area (Å²) in [6.45, 7) is 1.97. The molecule has 2 rings (SSSR count). The highest BCUT2D eigenvalue weighted by Gasteiger charge is 2.17. The van der Waals surface area contributed by atoms with Crippen LogP contribution in [0.25, 0.3) is 0 Å². The van der Waals surface area contributed by atoms with E-state index in [0.717, 1.165) is 0 Å². The van der Waals surface area contributed by atoms with Gasteiger partial charge >= 0.3 is 0 Å². The molecule has 0 saturated heterocycles. The van der Waals surface area contributed by atoms with Crippen molar-refractivity contribution in [3.05, 3.63) is 71.5 Å². The predicted molar refractivity (Wildman–Crippen MR) is 90.9 cm³/mol. The third-order valence-electron chi connectivity index (χ3n) is 3.69. The van der Waals surface area contributed by atoms with E-state index in [2.05, 4.69) is 5.32 Å².